The van der Waals surface area contributed by atoms with Gasteiger partial charge >= 0.3 is 0 Å². The van der Waals surface area contributed by atoms with E-state index in [4.69, 9.17) is 0 Å². The largest absolute Gasteiger partial charge is 0.327 e. The molecule has 0 amide bonds. The Morgan fingerprint density at radius 1 is 1.56 bits per heavy atom. The first-order valence-electron chi connectivity index (χ1n) is 6.40. The highest BCUT2D eigenvalue weighted by Crippen LogP contribution is 2.22. The standard InChI is InChI=1S/C13H18N4S/c1-9-7-18-13(16-9)10(2)17-6-12(15-8-17)5-14-11-3-4-11/h6-8,10-11,14H,3-5H2,1-2H3. The van der Waals surface area contributed by atoms with Gasteiger partial charge in [-0.2, -0.15) is 0 Å². The topological polar surface area (TPSA) is 42.7 Å². The molecule has 96 valence electrons. The third-order valence-corrected chi connectivity index (χ3v) is 4.38. The molecule has 1 aliphatic carbocycles. The lowest BCUT2D eigenvalue weighted by Gasteiger charge is -2.09. The Hall–Kier alpha value is -1.20. The summed E-state index contributed by atoms with van der Waals surface area (Å²) in [5.74, 6) is 0. The zero-order valence-electron chi connectivity index (χ0n) is 10.8. The van der Waals surface area contributed by atoms with Crippen LogP contribution < -0.4 is 5.32 Å². The lowest BCUT2D eigenvalue weighted by molar-refractivity contribution is 0.629. The molecule has 0 spiro atoms. The summed E-state index contributed by atoms with van der Waals surface area (Å²) in [4.78, 5) is 8.98. The molecule has 1 unspecified atom stereocenters. The summed E-state index contributed by atoms with van der Waals surface area (Å²) >= 11 is 1.71. The maximum atomic E-state index is 4.53. The van der Waals surface area contributed by atoms with Crippen molar-refractivity contribution in [1.29, 1.82) is 0 Å². The van der Waals surface area contributed by atoms with Gasteiger partial charge in [0.25, 0.3) is 0 Å². The zero-order valence-corrected chi connectivity index (χ0v) is 11.6. The van der Waals surface area contributed by atoms with Crippen molar-refractivity contribution in [1.82, 2.24) is 19.9 Å². The summed E-state index contributed by atoms with van der Waals surface area (Å²) in [6, 6.07) is 1.00. The Kier molecular flexibility index (Phi) is 3.18. The minimum Gasteiger partial charge on any atom is -0.327 e. The molecule has 1 atom stereocenters. The number of nitrogens with one attached hydrogen (secondary N) is 1. The molecular weight excluding hydrogens is 244 g/mol. The van der Waals surface area contributed by atoms with Crippen LogP contribution in [0.15, 0.2) is 17.9 Å². The predicted octanol–water partition coefficient (Wildman–Crippen LogP) is 2.51. The summed E-state index contributed by atoms with van der Waals surface area (Å²) in [5.41, 5.74) is 2.21. The van der Waals surface area contributed by atoms with Crippen molar-refractivity contribution in [2.24, 2.45) is 0 Å². The predicted molar refractivity (Wildman–Crippen MR) is 72.8 cm³/mol. The first-order valence-corrected chi connectivity index (χ1v) is 7.28. The van der Waals surface area contributed by atoms with E-state index < -0.39 is 0 Å². The van der Waals surface area contributed by atoms with E-state index in [9.17, 15) is 0 Å². The molecule has 18 heavy (non-hydrogen) atoms. The highest BCUT2D eigenvalue weighted by Gasteiger charge is 2.20. The quantitative estimate of drug-likeness (QED) is 0.900. The normalized spacial score (nSPS) is 17.0. The fourth-order valence-electron chi connectivity index (χ4n) is 1.91. The number of hydrogen-bond donors (Lipinski definition) is 1. The van der Waals surface area contributed by atoms with Crippen molar-refractivity contribution in [3.05, 3.63) is 34.3 Å². The Morgan fingerprint density at radius 2 is 2.39 bits per heavy atom. The van der Waals surface area contributed by atoms with E-state index >= 15 is 0 Å². The highest BCUT2D eigenvalue weighted by atomic mass is 32.1. The number of aromatic nitrogens is 3. The fraction of sp³-hybridized carbons (Fsp3) is 0.538. The second-order valence-electron chi connectivity index (χ2n) is 4.97. The molecule has 1 fully saturated rings. The van der Waals surface area contributed by atoms with Crippen molar-refractivity contribution in [3.63, 3.8) is 0 Å². The Balaban J connectivity index is 1.67. The number of thiazole rings is 1. The number of imidazole rings is 1. The van der Waals surface area contributed by atoms with Gasteiger partial charge in [-0.1, -0.05) is 0 Å². The van der Waals surface area contributed by atoms with Crippen LogP contribution in [0.1, 0.15) is 42.2 Å². The number of rotatable bonds is 5. The van der Waals surface area contributed by atoms with Crippen LogP contribution in [0.2, 0.25) is 0 Å². The molecular formula is C13H18N4S. The maximum Gasteiger partial charge on any atom is 0.115 e. The zero-order chi connectivity index (χ0) is 12.5. The molecule has 1 saturated carbocycles. The molecule has 5 heteroatoms. The van der Waals surface area contributed by atoms with Gasteiger partial charge in [0.2, 0.25) is 0 Å². The van der Waals surface area contributed by atoms with Crippen LogP contribution in [0.4, 0.5) is 0 Å². The summed E-state index contributed by atoms with van der Waals surface area (Å²) in [5, 5.41) is 6.72. The van der Waals surface area contributed by atoms with E-state index in [2.05, 4.69) is 38.4 Å². The maximum absolute atomic E-state index is 4.53. The minimum absolute atomic E-state index is 0.269. The SMILES string of the molecule is Cc1csc(C(C)n2cnc(CNC3CC3)c2)n1. The van der Waals surface area contributed by atoms with Gasteiger partial charge in [0.05, 0.1) is 18.1 Å². The summed E-state index contributed by atoms with van der Waals surface area (Å²) in [6.07, 6.45) is 6.66. The van der Waals surface area contributed by atoms with Gasteiger partial charge in [-0.05, 0) is 26.7 Å². The molecule has 2 aromatic rings. The van der Waals surface area contributed by atoms with Crippen LogP contribution >= 0.6 is 11.3 Å². The van der Waals surface area contributed by atoms with Crippen molar-refractivity contribution in [2.75, 3.05) is 0 Å². The van der Waals surface area contributed by atoms with Gasteiger partial charge in [0.15, 0.2) is 0 Å². The second kappa shape index (κ2) is 4.82. The smallest absolute Gasteiger partial charge is 0.115 e. The van der Waals surface area contributed by atoms with Gasteiger partial charge in [-0.25, -0.2) is 9.97 Å². The van der Waals surface area contributed by atoms with E-state index in [1.54, 1.807) is 11.3 Å². The molecule has 0 aromatic carbocycles. The van der Waals surface area contributed by atoms with E-state index in [1.165, 1.54) is 12.8 Å². The summed E-state index contributed by atoms with van der Waals surface area (Å²) < 4.78 is 2.14. The van der Waals surface area contributed by atoms with E-state index in [-0.39, 0.29) is 6.04 Å². The van der Waals surface area contributed by atoms with Crippen LogP contribution in [0, 0.1) is 6.92 Å². The number of nitrogens with zero attached hydrogens (tertiary/aromatic N) is 3. The van der Waals surface area contributed by atoms with Crippen molar-refractivity contribution >= 4 is 11.3 Å². The third kappa shape index (κ3) is 2.62. The van der Waals surface area contributed by atoms with Gasteiger partial charge < -0.3 is 9.88 Å². The van der Waals surface area contributed by atoms with Gasteiger partial charge in [0.1, 0.15) is 5.01 Å². The summed E-state index contributed by atoms with van der Waals surface area (Å²) in [6.45, 7) is 5.07. The molecule has 0 saturated heterocycles. The Labute approximate surface area is 111 Å². The molecule has 0 bridgehead atoms. The van der Waals surface area contributed by atoms with Crippen LogP contribution in [-0.4, -0.2) is 20.6 Å². The lowest BCUT2D eigenvalue weighted by atomic mass is 10.3. The lowest BCUT2D eigenvalue weighted by Crippen LogP contribution is -2.15. The van der Waals surface area contributed by atoms with Gasteiger partial charge in [-0.3, -0.25) is 0 Å². The first-order chi connectivity index (χ1) is 8.72. The molecule has 0 aliphatic heterocycles. The average Bonchev–Trinajstić information content (AvgIpc) is 2.90. The third-order valence-electron chi connectivity index (χ3n) is 3.25. The van der Waals surface area contributed by atoms with Crippen LogP contribution in [0.25, 0.3) is 0 Å². The molecule has 1 aliphatic rings. The Morgan fingerprint density at radius 3 is 3.06 bits per heavy atom. The molecule has 2 aromatic heterocycles. The van der Waals surface area contributed by atoms with E-state index in [1.807, 2.05) is 13.3 Å². The second-order valence-corrected chi connectivity index (χ2v) is 5.86. The molecule has 4 nitrogen and oxygen atoms in total. The fourth-order valence-corrected chi connectivity index (χ4v) is 2.77. The van der Waals surface area contributed by atoms with Crippen LogP contribution in [0.3, 0.4) is 0 Å². The van der Waals surface area contributed by atoms with Crippen molar-refractivity contribution in [3.8, 4) is 0 Å². The van der Waals surface area contributed by atoms with E-state index in [0.717, 1.165) is 29.0 Å². The molecule has 2 heterocycles. The molecule has 3 rings (SSSR count). The van der Waals surface area contributed by atoms with Gasteiger partial charge in [-0.15, -0.1) is 11.3 Å². The monoisotopic (exact) mass is 262 g/mol. The highest BCUT2D eigenvalue weighted by molar-refractivity contribution is 7.09. The van der Waals surface area contributed by atoms with Crippen LogP contribution in [0.5, 0.6) is 0 Å². The first kappa shape index (κ1) is 11.9. The van der Waals surface area contributed by atoms with Crippen molar-refractivity contribution in [2.45, 2.75) is 45.3 Å². The minimum atomic E-state index is 0.269. The molecule has 0 radical (unpaired) electrons. The number of hydrogen-bond acceptors (Lipinski definition) is 4. The van der Waals surface area contributed by atoms with Crippen LogP contribution in [-0.2, 0) is 6.54 Å². The average molecular weight is 262 g/mol. The van der Waals surface area contributed by atoms with Crippen molar-refractivity contribution < 1.29 is 0 Å². The number of aryl methyl sites for hydroxylation is 1. The summed E-state index contributed by atoms with van der Waals surface area (Å²) in [7, 11) is 0. The molecule has 1 N–H and O–H groups in total. The Bertz CT molecular complexity index is 527. The van der Waals surface area contributed by atoms with E-state index in [0.29, 0.717) is 0 Å². The van der Waals surface area contributed by atoms with Gasteiger partial charge in [0, 0.05) is 29.9 Å².